The molecule has 3 rings (SSSR count). The highest BCUT2D eigenvalue weighted by Gasteiger charge is 2.35. The molecule has 2 amide bonds. The molecular weight excluding hydrogens is 410 g/mol. The Bertz CT molecular complexity index is 865. The minimum absolute atomic E-state index is 0.194. The van der Waals surface area contributed by atoms with E-state index in [1.165, 1.54) is 5.56 Å². The lowest BCUT2D eigenvalue weighted by molar-refractivity contribution is -0.150. The van der Waals surface area contributed by atoms with Crippen LogP contribution in [0.15, 0.2) is 35.5 Å². The number of ether oxygens (including phenoxy) is 2. The molecule has 174 valence electrons. The van der Waals surface area contributed by atoms with Crippen LogP contribution >= 0.6 is 0 Å². The minimum atomic E-state index is -0.602. The third-order valence-electron chi connectivity index (χ3n) is 5.88. The van der Waals surface area contributed by atoms with E-state index in [4.69, 9.17) is 9.47 Å². The molecule has 1 aromatic carbocycles. The fourth-order valence-electron chi connectivity index (χ4n) is 4.26. The molecule has 8 heteroatoms. The minimum Gasteiger partial charge on any atom is -0.466 e. The van der Waals surface area contributed by atoms with E-state index in [2.05, 4.69) is 22.5 Å². The Hall–Kier alpha value is -2.87. The molecule has 2 aliphatic heterocycles. The lowest BCUT2D eigenvalue weighted by Gasteiger charge is -2.35. The number of likely N-dealkylation sites (tertiary alicyclic amines) is 1. The molecule has 8 nitrogen and oxygen atoms in total. The van der Waals surface area contributed by atoms with Crippen LogP contribution in [0.4, 0.5) is 4.79 Å². The molecule has 0 spiro atoms. The second-order valence-electron chi connectivity index (χ2n) is 8.07. The number of benzene rings is 1. The fourth-order valence-corrected chi connectivity index (χ4v) is 4.26. The first-order valence-electron chi connectivity index (χ1n) is 11.4. The standard InChI is InChI=1S/C24H33N3O5/c1-4-16-9-11-17(12-10-16)21-20(23(29)32-6-3)19(25-24(30)26-21)15-27-13-7-8-18(14-27)22(28)31-5-2/h9-12,18,21H,4-8,13-15H2,1-3H3,(H2,25,26,30)/t18-,21-/m0/s1. The van der Waals surface area contributed by atoms with Crippen molar-refractivity contribution >= 4 is 18.0 Å². The number of amides is 2. The summed E-state index contributed by atoms with van der Waals surface area (Å²) in [7, 11) is 0. The molecule has 0 unspecified atom stereocenters. The van der Waals surface area contributed by atoms with E-state index in [0.29, 0.717) is 31.0 Å². The van der Waals surface area contributed by atoms with Crippen molar-refractivity contribution in [3.05, 3.63) is 46.7 Å². The van der Waals surface area contributed by atoms with Gasteiger partial charge in [-0.1, -0.05) is 31.2 Å². The second-order valence-corrected chi connectivity index (χ2v) is 8.07. The van der Waals surface area contributed by atoms with Crippen LogP contribution in [0.2, 0.25) is 0 Å². The van der Waals surface area contributed by atoms with Crippen molar-refractivity contribution in [2.45, 2.75) is 46.1 Å². The molecular formula is C24H33N3O5. The summed E-state index contributed by atoms with van der Waals surface area (Å²) in [5.74, 6) is -0.858. The Kier molecular flexibility index (Phi) is 8.27. The van der Waals surface area contributed by atoms with Gasteiger partial charge < -0.3 is 20.1 Å². The molecule has 1 fully saturated rings. The normalized spacial score (nSPS) is 21.5. The molecule has 1 aromatic rings. The molecule has 2 heterocycles. The number of rotatable bonds is 8. The van der Waals surface area contributed by atoms with Crippen LogP contribution in [-0.2, 0) is 25.5 Å². The molecule has 0 bridgehead atoms. The number of nitrogens with zero attached hydrogens (tertiary/aromatic N) is 1. The molecule has 0 saturated carbocycles. The number of carbonyl (C=O) groups is 3. The smallest absolute Gasteiger partial charge is 0.338 e. The van der Waals surface area contributed by atoms with Crippen molar-refractivity contribution < 1.29 is 23.9 Å². The topological polar surface area (TPSA) is 97.0 Å². The van der Waals surface area contributed by atoms with Gasteiger partial charge in [0, 0.05) is 18.8 Å². The maximum absolute atomic E-state index is 13.0. The second kappa shape index (κ2) is 11.1. The number of piperidine rings is 1. The van der Waals surface area contributed by atoms with Gasteiger partial charge in [-0.25, -0.2) is 9.59 Å². The predicted molar refractivity (Wildman–Crippen MR) is 120 cm³/mol. The van der Waals surface area contributed by atoms with Crippen molar-refractivity contribution in [3.8, 4) is 0 Å². The Morgan fingerprint density at radius 3 is 2.47 bits per heavy atom. The van der Waals surface area contributed by atoms with Crippen molar-refractivity contribution in [2.75, 3.05) is 32.8 Å². The number of urea groups is 1. The fraction of sp³-hybridized carbons (Fsp3) is 0.542. The first-order valence-corrected chi connectivity index (χ1v) is 11.4. The first kappa shape index (κ1) is 23.8. The SMILES string of the molecule is CCOC(=O)C1=C(CN2CCC[C@H](C(=O)OCC)C2)NC(=O)N[C@H]1c1ccc(CC)cc1. The highest BCUT2D eigenvalue weighted by molar-refractivity contribution is 5.95. The number of nitrogens with one attached hydrogen (secondary N) is 2. The Balaban J connectivity index is 1.90. The molecule has 2 N–H and O–H groups in total. The zero-order chi connectivity index (χ0) is 23.1. The molecule has 32 heavy (non-hydrogen) atoms. The van der Waals surface area contributed by atoms with E-state index >= 15 is 0 Å². The van der Waals surface area contributed by atoms with Gasteiger partial charge in [0.15, 0.2) is 0 Å². The van der Waals surface area contributed by atoms with Gasteiger partial charge in [0.25, 0.3) is 0 Å². The van der Waals surface area contributed by atoms with Gasteiger partial charge in [0.2, 0.25) is 0 Å². The highest BCUT2D eigenvalue weighted by atomic mass is 16.5. The molecule has 0 aromatic heterocycles. The molecule has 2 atom stereocenters. The summed E-state index contributed by atoms with van der Waals surface area (Å²) >= 11 is 0. The summed E-state index contributed by atoms with van der Waals surface area (Å²) in [5.41, 5.74) is 2.91. The van der Waals surface area contributed by atoms with E-state index in [-0.39, 0.29) is 24.5 Å². The van der Waals surface area contributed by atoms with Gasteiger partial charge in [-0.15, -0.1) is 0 Å². The number of aryl methyl sites for hydroxylation is 1. The van der Waals surface area contributed by atoms with E-state index in [1.807, 2.05) is 24.3 Å². The van der Waals surface area contributed by atoms with Gasteiger partial charge in [0.1, 0.15) is 0 Å². The zero-order valence-corrected chi connectivity index (χ0v) is 19.1. The van der Waals surface area contributed by atoms with E-state index in [1.54, 1.807) is 13.8 Å². The van der Waals surface area contributed by atoms with Crippen LogP contribution in [0, 0.1) is 5.92 Å². The quantitative estimate of drug-likeness (QED) is 0.600. The molecule has 2 aliphatic rings. The molecule has 1 saturated heterocycles. The zero-order valence-electron chi connectivity index (χ0n) is 19.1. The average Bonchev–Trinajstić information content (AvgIpc) is 2.79. The average molecular weight is 444 g/mol. The molecule has 0 radical (unpaired) electrons. The van der Waals surface area contributed by atoms with Gasteiger partial charge in [-0.2, -0.15) is 0 Å². The highest BCUT2D eigenvalue weighted by Crippen LogP contribution is 2.29. The number of carbonyl (C=O) groups excluding carboxylic acids is 3. The van der Waals surface area contributed by atoms with Crippen molar-refractivity contribution in [3.63, 3.8) is 0 Å². The van der Waals surface area contributed by atoms with E-state index in [9.17, 15) is 14.4 Å². The van der Waals surface area contributed by atoms with Crippen LogP contribution in [0.25, 0.3) is 0 Å². The van der Waals surface area contributed by atoms with Crippen molar-refractivity contribution in [2.24, 2.45) is 5.92 Å². The maximum Gasteiger partial charge on any atom is 0.338 e. The van der Waals surface area contributed by atoms with Crippen molar-refractivity contribution in [1.29, 1.82) is 0 Å². The monoisotopic (exact) mass is 443 g/mol. The number of esters is 2. The van der Waals surface area contributed by atoms with Gasteiger partial charge >= 0.3 is 18.0 Å². The van der Waals surface area contributed by atoms with Crippen LogP contribution < -0.4 is 10.6 Å². The van der Waals surface area contributed by atoms with Crippen LogP contribution in [0.3, 0.4) is 0 Å². The first-order chi connectivity index (χ1) is 15.5. The lowest BCUT2D eigenvalue weighted by Crippen LogP contribution is -2.50. The summed E-state index contributed by atoms with van der Waals surface area (Å²) < 4.78 is 10.5. The summed E-state index contributed by atoms with van der Waals surface area (Å²) in [6.07, 6.45) is 2.53. The molecule has 0 aliphatic carbocycles. The third kappa shape index (κ3) is 5.68. The Morgan fingerprint density at radius 1 is 1.09 bits per heavy atom. The van der Waals surface area contributed by atoms with Crippen LogP contribution in [0.1, 0.15) is 50.8 Å². The van der Waals surface area contributed by atoms with Gasteiger partial charge in [-0.3, -0.25) is 9.69 Å². The van der Waals surface area contributed by atoms with Gasteiger partial charge in [-0.05, 0) is 50.8 Å². The van der Waals surface area contributed by atoms with E-state index in [0.717, 1.165) is 31.4 Å². The summed E-state index contributed by atoms with van der Waals surface area (Å²) in [6.45, 7) is 7.87. The third-order valence-corrected chi connectivity index (χ3v) is 5.88. The van der Waals surface area contributed by atoms with Gasteiger partial charge in [0.05, 0.1) is 30.7 Å². The van der Waals surface area contributed by atoms with Crippen LogP contribution in [0.5, 0.6) is 0 Å². The maximum atomic E-state index is 13.0. The Morgan fingerprint density at radius 2 is 1.81 bits per heavy atom. The largest absolute Gasteiger partial charge is 0.466 e. The number of hydrogen-bond donors (Lipinski definition) is 2. The van der Waals surface area contributed by atoms with Crippen LogP contribution in [-0.4, -0.2) is 55.7 Å². The predicted octanol–water partition coefficient (Wildman–Crippen LogP) is 2.70. The number of hydrogen-bond acceptors (Lipinski definition) is 6. The lowest BCUT2D eigenvalue weighted by atomic mass is 9.93. The summed E-state index contributed by atoms with van der Waals surface area (Å²) in [6, 6.07) is 6.90. The summed E-state index contributed by atoms with van der Waals surface area (Å²) in [4.78, 5) is 39.8. The summed E-state index contributed by atoms with van der Waals surface area (Å²) in [5, 5.41) is 5.68. The van der Waals surface area contributed by atoms with E-state index < -0.39 is 12.0 Å². The van der Waals surface area contributed by atoms with Crippen molar-refractivity contribution in [1.82, 2.24) is 15.5 Å². The Labute approximate surface area is 189 Å².